The summed E-state index contributed by atoms with van der Waals surface area (Å²) in [4.78, 5) is 8.28. The molecule has 1 fully saturated rings. The number of aromatic nitrogens is 3. The minimum atomic E-state index is -0.0175. The predicted molar refractivity (Wildman–Crippen MR) is 97.3 cm³/mol. The first-order valence-corrected chi connectivity index (χ1v) is 9.38. The number of hydrogen-bond acceptors (Lipinski definition) is 6. The fourth-order valence-electron chi connectivity index (χ4n) is 3.50. The molecule has 0 unspecified atom stereocenters. The van der Waals surface area contributed by atoms with Crippen LogP contribution in [0.5, 0.6) is 11.6 Å². The summed E-state index contributed by atoms with van der Waals surface area (Å²) in [6, 6.07) is 8.08. The third-order valence-corrected chi connectivity index (χ3v) is 6.07. The maximum Gasteiger partial charge on any atom is 0.230 e. The molecule has 7 heteroatoms. The largest absolute Gasteiger partial charge is 0.497 e. The number of fused-ring (bicyclic) bond motifs is 1. The van der Waals surface area contributed by atoms with Crippen molar-refractivity contribution in [2.75, 3.05) is 20.2 Å². The maximum absolute atomic E-state index is 10.7. The monoisotopic (exact) mass is 358 g/mol. The number of ether oxygens (including phenoxy) is 1. The van der Waals surface area contributed by atoms with Crippen molar-refractivity contribution in [3.8, 4) is 11.6 Å². The topological polar surface area (TPSA) is 62.9 Å². The van der Waals surface area contributed by atoms with Crippen molar-refractivity contribution < 1.29 is 9.84 Å². The molecule has 3 heterocycles. The third kappa shape index (κ3) is 2.98. The van der Waals surface area contributed by atoms with Gasteiger partial charge in [0.25, 0.3) is 0 Å². The molecule has 25 heavy (non-hydrogen) atoms. The molecule has 0 saturated carbocycles. The van der Waals surface area contributed by atoms with E-state index in [1.165, 1.54) is 35.0 Å². The molecule has 1 aromatic carbocycles. The van der Waals surface area contributed by atoms with Gasteiger partial charge in [-0.1, -0.05) is 30.4 Å². The minimum Gasteiger partial charge on any atom is -0.497 e. The van der Waals surface area contributed by atoms with Gasteiger partial charge in [-0.15, -0.1) is 0 Å². The van der Waals surface area contributed by atoms with Gasteiger partial charge in [-0.05, 0) is 49.5 Å². The van der Waals surface area contributed by atoms with Gasteiger partial charge < -0.3 is 9.84 Å². The number of likely N-dealkylation sites (tertiary alicyclic amines) is 1. The van der Waals surface area contributed by atoms with Gasteiger partial charge in [-0.3, -0.25) is 4.90 Å². The smallest absolute Gasteiger partial charge is 0.230 e. The van der Waals surface area contributed by atoms with E-state index in [-0.39, 0.29) is 11.9 Å². The van der Waals surface area contributed by atoms with Crippen molar-refractivity contribution in [3.63, 3.8) is 0 Å². The number of methoxy groups -OCH3 is 1. The highest BCUT2D eigenvalue weighted by molar-refractivity contribution is 7.17. The number of piperidine rings is 1. The van der Waals surface area contributed by atoms with Crippen LogP contribution in [-0.2, 0) is 0 Å². The van der Waals surface area contributed by atoms with E-state index in [4.69, 9.17) is 4.74 Å². The summed E-state index contributed by atoms with van der Waals surface area (Å²) in [7, 11) is 1.68. The van der Waals surface area contributed by atoms with E-state index in [0.717, 1.165) is 35.2 Å². The molecule has 6 nitrogen and oxygen atoms in total. The summed E-state index contributed by atoms with van der Waals surface area (Å²) in [5.41, 5.74) is 1.12. The lowest BCUT2D eigenvalue weighted by molar-refractivity contribution is 0.157. The molecule has 1 N–H and O–H groups in total. The molecule has 0 bridgehead atoms. The molecule has 1 aliphatic heterocycles. The summed E-state index contributed by atoms with van der Waals surface area (Å²) in [6.07, 6.45) is 3.81. The third-order valence-electron chi connectivity index (χ3n) is 4.98. The number of rotatable bonds is 4. The van der Waals surface area contributed by atoms with Gasteiger partial charge in [0, 0.05) is 0 Å². The Bertz CT molecular complexity index is 867. The second-order valence-corrected chi connectivity index (χ2v) is 7.65. The number of thiazole rings is 1. The van der Waals surface area contributed by atoms with Gasteiger partial charge in [0.05, 0.1) is 18.0 Å². The van der Waals surface area contributed by atoms with E-state index in [2.05, 4.69) is 34.0 Å². The van der Waals surface area contributed by atoms with Gasteiger partial charge in [-0.2, -0.15) is 9.61 Å². The average molecular weight is 358 g/mol. The highest BCUT2D eigenvalue weighted by Gasteiger charge is 2.31. The summed E-state index contributed by atoms with van der Waals surface area (Å²) in [6.45, 7) is 4.32. The molecule has 0 radical (unpaired) electrons. The van der Waals surface area contributed by atoms with Crippen molar-refractivity contribution in [1.82, 2.24) is 19.5 Å². The van der Waals surface area contributed by atoms with Gasteiger partial charge >= 0.3 is 0 Å². The second-order valence-electron chi connectivity index (χ2n) is 6.64. The van der Waals surface area contributed by atoms with Crippen molar-refractivity contribution in [1.29, 1.82) is 0 Å². The first-order chi connectivity index (χ1) is 12.2. The Morgan fingerprint density at radius 3 is 2.84 bits per heavy atom. The maximum atomic E-state index is 10.7. The molecule has 1 aliphatic rings. The number of hydrogen-bond donors (Lipinski definition) is 1. The molecular weight excluding hydrogens is 336 g/mol. The predicted octanol–water partition coefficient (Wildman–Crippen LogP) is 3.33. The average Bonchev–Trinajstić information content (AvgIpc) is 3.21. The number of benzene rings is 1. The normalized spacial score (nSPS) is 17.8. The SMILES string of the molecule is COc1cccc([C@@H](c2sc3ncnn3c2O)N2CCC(C)CC2)c1. The van der Waals surface area contributed by atoms with E-state index in [0.29, 0.717) is 4.96 Å². The summed E-state index contributed by atoms with van der Waals surface area (Å²) < 4.78 is 6.93. The Balaban J connectivity index is 1.80. The van der Waals surface area contributed by atoms with Crippen molar-refractivity contribution in [2.24, 2.45) is 5.92 Å². The summed E-state index contributed by atoms with van der Waals surface area (Å²) in [5, 5.41) is 14.9. The lowest BCUT2D eigenvalue weighted by atomic mass is 9.95. The Morgan fingerprint density at radius 1 is 1.32 bits per heavy atom. The first-order valence-electron chi connectivity index (χ1n) is 8.56. The minimum absolute atomic E-state index is 0.0175. The summed E-state index contributed by atoms with van der Waals surface area (Å²) >= 11 is 1.50. The van der Waals surface area contributed by atoms with Gasteiger partial charge in [-0.25, -0.2) is 4.98 Å². The molecule has 0 aliphatic carbocycles. The quantitative estimate of drug-likeness (QED) is 0.775. The standard InChI is InChI=1S/C18H22N4O2S/c1-12-6-8-21(9-7-12)15(13-4-3-5-14(10-13)24-2)16-17(23)22-18(25-16)19-11-20-22/h3-5,10-12,15,23H,6-9H2,1-2H3/t15-/m0/s1. The Kier molecular flexibility index (Phi) is 4.35. The van der Waals surface area contributed by atoms with Gasteiger partial charge in [0.1, 0.15) is 12.1 Å². The molecule has 1 saturated heterocycles. The zero-order chi connectivity index (χ0) is 17.4. The Morgan fingerprint density at radius 2 is 2.12 bits per heavy atom. The fraction of sp³-hybridized carbons (Fsp3) is 0.444. The molecule has 2 aromatic heterocycles. The van der Waals surface area contributed by atoms with Crippen LogP contribution in [0, 0.1) is 5.92 Å². The van der Waals surface area contributed by atoms with E-state index < -0.39 is 0 Å². The van der Waals surface area contributed by atoms with E-state index in [1.807, 2.05) is 12.1 Å². The van der Waals surface area contributed by atoms with Crippen LogP contribution in [0.1, 0.15) is 36.2 Å². The fourth-order valence-corrected chi connectivity index (χ4v) is 4.59. The zero-order valence-corrected chi connectivity index (χ0v) is 15.2. The van der Waals surface area contributed by atoms with Crippen molar-refractivity contribution >= 4 is 16.3 Å². The van der Waals surface area contributed by atoms with E-state index in [1.54, 1.807) is 7.11 Å². The van der Waals surface area contributed by atoms with Crippen LogP contribution in [-0.4, -0.2) is 44.8 Å². The Labute approximate surface area is 150 Å². The Hall–Kier alpha value is -2.12. The molecule has 0 amide bonds. The van der Waals surface area contributed by atoms with Crippen LogP contribution >= 0.6 is 11.3 Å². The number of nitrogens with zero attached hydrogens (tertiary/aromatic N) is 4. The number of aromatic hydroxyl groups is 1. The van der Waals surface area contributed by atoms with Crippen LogP contribution in [0.4, 0.5) is 0 Å². The lowest BCUT2D eigenvalue weighted by Gasteiger charge is -2.36. The van der Waals surface area contributed by atoms with Crippen LogP contribution in [0.25, 0.3) is 4.96 Å². The highest BCUT2D eigenvalue weighted by Crippen LogP contribution is 2.41. The lowest BCUT2D eigenvalue weighted by Crippen LogP contribution is -2.36. The van der Waals surface area contributed by atoms with Crippen LogP contribution in [0.15, 0.2) is 30.6 Å². The van der Waals surface area contributed by atoms with Crippen molar-refractivity contribution in [2.45, 2.75) is 25.8 Å². The van der Waals surface area contributed by atoms with E-state index in [9.17, 15) is 5.11 Å². The highest BCUT2D eigenvalue weighted by atomic mass is 32.1. The summed E-state index contributed by atoms with van der Waals surface area (Å²) in [5.74, 6) is 1.76. The molecule has 132 valence electrons. The van der Waals surface area contributed by atoms with Crippen LogP contribution in [0.2, 0.25) is 0 Å². The van der Waals surface area contributed by atoms with Gasteiger partial charge in [0.2, 0.25) is 10.8 Å². The van der Waals surface area contributed by atoms with Crippen LogP contribution in [0.3, 0.4) is 0 Å². The molecule has 3 aromatic rings. The van der Waals surface area contributed by atoms with Crippen molar-refractivity contribution in [3.05, 3.63) is 41.0 Å². The molecule has 1 atom stereocenters. The molecule has 4 rings (SSSR count). The first kappa shape index (κ1) is 16.4. The van der Waals surface area contributed by atoms with Crippen LogP contribution < -0.4 is 4.74 Å². The molecular formula is C18H22N4O2S. The zero-order valence-electron chi connectivity index (χ0n) is 14.4. The van der Waals surface area contributed by atoms with Gasteiger partial charge in [0.15, 0.2) is 0 Å². The molecule has 0 spiro atoms. The van der Waals surface area contributed by atoms with E-state index >= 15 is 0 Å². The second kappa shape index (κ2) is 6.65.